The van der Waals surface area contributed by atoms with Crippen LogP contribution in [0.25, 0.3) is 21.9 Å². The maximum absolute atomic E-state index is 14.9. The molecule has 1 aliphatic rings. The number of halogens is 1. The number of hydrogen-bond donors (Lipinski definition) is 2. The standard InChI is InChI=1S/C26H31FN4O2/c1-16-6-5-7-22(27)24(16)21-13-19(12-17-15-29-23(28)14-20(17)21)30-18-8-10-31(11-9-18)25(32)33-26(2,3)4/h5-7,12-15,18,30H,8-11H2,1-4H3,(H2,28,29). The molecule has 0 aliphatic carbocycles. The Morgan fingerprint density at radius 3 is 2.61 bits per heavy atom. The first-order valence-corrected chi connectivity index (χ1v) is 11.3. The van der Waals surface area contributed by atoms with Crippen LogP contribution >= 0.6 is 0 Å². The summed E-state index contributed by atoms with van der Waals surface area (Å²) in [5.74, 6) is 0.127. The van der Waals surface area contributed by atoms with Crippen LogP contribution < -0.4 is 11.1 Å². The first-order valence-electron chi connectivity index (χ1n) is 11.3. The van der Waals surface area contributed by atoms with Gasteiger partial charge in [-0.05, 0) is 81.3 Å². The van der Waals surface area contributed by atoms with E-state index in [-0.39, 0.29) is 18.0 Å². The normalized spacial score (nSPS) is 15.0. The Morgan fingerprint density at radius 2 is 1.94 bits per heavy atom. The average molecular weight is 451 g/mol. The maximum Gasteiger partial charge on any atom is 0.410 e. The van der Waals surface area contributed by atoms with E-state index in [1.165, 1.54) is 6.07 Å². The summed E-state index contributed by atoms with van der Waals surface area (Å²) in [4.78, 5) is 18.3. The summed E-state index contributed by atoms with van der Waals surface area (Å²) in [6, 6.07) is 11.1. The Kier molecular flexibility index (Phi) is 6.15. The highest BCUT2D eigenvalue weighted by atomic mass is 19.1. The predicted octanol–water partition coefficient (Wildman–Crippen LogP) is 5.74. The summed E-state index contributed by atoms with van der Waals surface area (Å²) >= 11 is 0. The molecule has 1 aliphatic heterocycles. The SMILES string of the molecule is Cc1cccc(F)c1-c1cc(NC2CCN(C(=O)OC(C)(C)C)CC2)cc2cnc(N)cc12. The zero-order valence-corrected chi connectivity index (χ0v) is 19.6. The van der Waals surface area contributed by atoms with Gasteiger partial charge in [-0.15, -0.1) is 0 Å². The molecule has 1 aromatic heterocycles. The lowest BCUT2D eigenvalue weighted by atomic mass is 9.94. The number of nitrogen functional groups attached to an aromatic ring is 1. The third-order valence-electron chi connectivity index (χ3n) is 5.87. The van der Waals surface area contributed by atoms with Gasteiger partial charge in [0.05, 0.1) is 0 Å². The Bertz CT molecular complexity index is 1160. The number of pyridine rings is 1. The van der Waals surface area contributed by atoms with Crippen LogP contribution in [0.5, 0.6) is 0 Å². The quantitative estimate of drug-likeness (QED) is 0.532. The van der Waals surface area contributed by atoms with Crippen molar-refractivity contribution in [3.63, 3.8) is 0 Å². The summed E-state index contributed by atoms with van der Waals surface area (Å²) in [7, 11) is 0. The topological polar surface area (TPSA) is 80.5 Å². The largest absolute Gasteiger partial charge is 0.444 e. The zero-order valence-electron chi connectivity index (χ0n) is 19.6. The van der Waals surface area contributed by atoms with Crippen molar-refractivity contribution in [2.75, 3.05) is 24.1 Å². The Morgan fingerprint density at radius 1 is 1.21 bits per heavy atom. The zero-order chi connectivity index (χ0) is 23.8. The molecule has 0 atom stereocenters. The van der Waals surface area contributed by atoms with Crippen molar-refractivity contribution < 1.29 is 13.9 Å². The number of hydrogen-bond acceptors (Lipinski definition) is 5. The van der Waals surface area contributed by atoms with Gasteiger partial charge in [0, 0.05) is 42.0 Å². The van der Waals surface area contributed by atoms with Crippen LogP contribution in [-0.4, -0.2) is 40.7 Å². The number of piperidine rings is 1. The highest BCUT2D eigenvalue weighted by molar-refractivity contribution is 6.00. The molecule has 174 valence electrons. The average Bonchev–Trinajstić information content (AvgIpc) is 2.73. The summed E-state index contributed by atoms with van der Waals surface area (Å²) in [5, 5.41) is 5.33. The Balaban J connectivity index is 1.59. The minimum absolute atomic E-state index is 0.192. The number of amides is 1. The Labute approximate surface area is 193 Å². The molecule has 1 amide bonds. The molecule has 0 radical (unpaired) electrons. The number of fused-ring (bicyclic) bond motifs is 1. The minimum atomic E-state index is -0.504. The van der Waals surface area contributed by atoms with Crippen LogP contribution in [0.15, 0.2) is 42.6 Å². The van der Waals surface area contributed by atoms with Crippen LogP contribution in [0.1, 0.15) is 39.2 Å². The molecule has 1 saturated heterocycles. The van der Waals surface area contributed by atoms with Gasteiger partial charge in [0.2, 0.25) is 0 Å². The number of nitrogens with two attached hydrogens (primary N) is 1. The van der Waals surface area contributed by atoms with Gasteiger partial charge in [0.15, 0.2) is 0 Å². The number of aryl methyl sites for hydroxylation is 1. The highest BCUT2D eigenvalue weighted by Crippen LogP contribution is 2.36. The predicted molar refractivity (Wildman–Crippen MR) is 131 cm³/mol. The second-order valence-electron chi connectivity index (χ2n) is 9.67. The number of benzene rings is 2. The second kappa shape index (κ2) is 8.89. The van der Waals surface area contributed by atoms with Crippen molar-refractivity contribution in [3.8, 4) is 11.1 Å². The van der Waals surface area contributed by atoms with Crippen molar-refractivity contribution in [2.45, 2.75) is 52.2 Å². The maximum atomic E-state index is 14.9. The molecule has 0 saturated carbocycles. The number of carbonyl (C=O) groups is 1. The number of anilines is 2. The molecule has 33 heavy (non-hydrogen) atoms. The molecule has 2 aromatic carbocycles. The van der Waals surface area contributed by atoms with E-state index in [1.54, 1.807) is 23.2 Å². The molecule has 7 heteroatoms. The molecule has 1 fully saturated rings. The van der Waals surface area contributed by atoms with Crippen molar-refractivity contribution in [1.82, 2.24) is 9.88 Å². The first-order chi connectivity index (χ1) is 15.6. The van der Waals surface area contributed by atoms with Gasteiger partial charge in [-0.1, -0.05) is 12.1 Å². The molecule has 3 aromatic rings. The monoisotopic (exact) mass is 450 g/mol. The lowest BCUT2D eigenvalue weighted by Gasteiger charge is -2.34. The van der Waals surface area contributed by atoms with Crippen molar-refractivity contribution in [2.24, 2.45) is 0 Å². The number of rotatable bonds is 3. The molecule has 2 heterocycles. The number of nitrogens with zero attached hydrogens (tertiary/aromatic N) is 2. The van der Waals surface area contributed by atoms with Crippen molar-refractivity contribution in [1.29, 1.82) is 0 Å². The third kappa shape index (κ3) is 5.18. The summed E-state index contributed by atoms with van der Waals surface area (Å²) in [5.41, 5.74) is 8.54. The minimum Gasteiger partial charge on any atom is -0.444 e. The third-order valence-corrected chi connectivity index (χ3v) is 5.87. The van der Waals surface area contributed by atoms with Crippen molar-refractivity contribution in [3.05, 3.63) is 54.0 Å². The molecular weight excluding hydrogens is 419 g/mol. The highest BCUT2D eigenvalue weighted by Gasteiger charge is 2.27. The lowest BCUT2D eigenvalue weighted by Crippen LogP contribution is -2.44. The van der Waals surface area contributed by atoms with Crippen molar-refractivity contribution >= 4 is 28.4 Å². The van der Waals surface area contributed by atoms with E-state index in [0.717, 1.165) is 40.4 Å². The van der Waals surface area contributed by atoms with Crippen LogP contribution in [0, 0.1) is 12.7 Å². The van der Waals surface area contributed by atoms with Gasteiger partial charge in [0.25, 0.3) is 0 Å². The van der Waals surface area contributed by atoms with Gasteiger partial charge >= 0.3 is 6.09 Å². The molecule has 4 rings (SSSR count). The first kappa shape index (κ1) is 22.8. The van der Waals surface area contributed by atoms with E-state index in [4.69, 9.17) is 10.5 Å². The second-order valence-corrected chi connectivity index (χ2v) is 9.67. The fraction of sp³-hybridized carbons (Fsp3) is 0.385. The number of aromatic nitrogens is 1. The molecule has 6 nitrogen and oxygen atoms in total. The fourth-order valence-electron chi connectivity index (χ4n) is 4.30. The van der Waals surface area contributed by atoms with Gasteiger partial charge < -0.3 is 20.7 Å². The summed E-state index contributed by atoms with van der Waals surface area (Å²) < 4.78 is 20.4. The van der Waals surface area contributed by atoms with Gasteiger partial charge in [-0.3, -0.25) is 0 Å². The van der Waals surface area contributed by atoms with E-state index in [2.05, 4.69) is 10.3 Å². The lowest BCUT2D eigenvalue weighted by molar-refractivity contribution is 0.0210. The molecule has 0 unspecified atom stereocenters. The van der Waals surface area contributed by atoms with E-state index in [9.17, 15) is 9.18 Å². The van der Waals surface area contributed by atoms with Crippen LogP contribution in [0.2, 0.25) is 0 Å². The number of carbonyl (C=O) groups excluding carboxylic acids is 1. The molecule has 3 N–H and O–H groups in total. The van der Waals surface area contributed by atoms with E-state index >= 15 is 0 Å². The number of likely N-dealkylation sites (tertiary alicyclic amines) is 1. The van der Waals surface area contributed by atoms with E-state index in [1.807, 2.05) is 45.9 Å². The summed E-state index contributed by atoms with van der Waals surface area (Å²) in [6.45, 7) is 8.76. The van der Waals surface area contributed by atoms with Gasteiger partial charge in [0.1, 0.15) is 17.2 Å². The van der Waals surface area contributed by atoms with Crippen LogP contribution in [-0.2, 0) is 4.74 Å². The van der Waals surface area contributed by atoms with Crippen LogP contribution in [0.4, 0.5) is 20.7 Å². The smallest absolute Gasteiger partial charge is 0.410 e. The molecule has 0 bridgehead atoms. The van der Waals surface area contributed by atoms with Gasteiger partial charge in [-0.2, -0.15) is 0 Å². The number of ether oxygens (including phenoxy) is 1. The van der Waals surface area contributed by atoms with Gasteiger partial charge in [-0.25, -0.2) is 14.2 Å². The van der Waals surface area contributed by atoms with Crippen LogP contribution in [0.3, 0.4) is 0 Å². The number of nitrogens with one attached hydrogen (secondary N) is 1. The summed E-state index contributed by atoms with van der Waals surface area (Å²) in [6.07, 6.45) is 3.05. The molecule has 0 spiro atoms. The van der Waals surface area contributed by atoms with E-state index in [0.29, 0.717) is 24.5 Å². The fourth-order valence-corrected chi connectivity index (χ4v) is 4.30. The molecular formula is C26H31FN4O2. The Hall–Kier alpha value is -3.35. The van der Waals surface area contributed by atoms with E-state index < -0.39 is 5.60 Å².